The zero-order chi connectivity index (χ0) is 17.7. The minimum Gasteiger partial charge on any atom is -0.331 e. The Morgan fingerprint density at radius 2 is 1.76 bits per heavy atom. The molecule has 0 unspecified atom stereocenters. The number of imidazole rings is 1. The lowest BCUT2D eigenvalue weighted by atomic mass is 10.2. The van der Waals surface area contributed by atoms with Crippen molar-refractivity contribution in [3.05, 3.63) is 72.0 Å². The fourth-order valence-electron chi connectivity index (χ4n) is 2.53. The van der Waals surface area contributed by atoms with Crippen LogP contribution in [0.25, 0.3) is 11.4 Å². The van der Waals surface area contributed by atoms with Crippen LogP contribution in [0.5, 0.6) is 0 Å². The van der Waals surface area contributed by atoms with Crippen LogP contribution >= 0.6 is 11.6 Å². The molecule has 0 aliphatic rings. The predicted octanol–water partition coefficient (Wildman–Crippen LogP) is 3.57. The van der Waals surface area contributed by atoms with Crippen molar-refractivity contribution >= 4 is 21.6 Å². The SMILES string of the molecule is O=S(=O)(NCCCn1ccnc1-c1ccccc1)c1ccccc1Cl. The van der Waals surface area contributed by atoms with Crippen LogP contribution in [0.15, 0.2) is 71.9 Å². The molecule has 0 saturated carbocycles. The summed E-state index contributed by atoms with van der Waals surface area (Å²) >= 11 is 5.96. The third-order valence-corrected chi connectivity index (χ3v) is 5.70. The number of hydrogen-bond donors (Lipinski definition) is 1. The van der Waals surface area contributed by atoms with Gasteiger partial charge in [-0.25, -0.2) is 18.1 Å². The molecule has 7 heteroatoms. The minimum atomic E-state index is -3.60. The number of aromatic nitrogens is 2. The molecule has 25 heavy (non-hydrogen) atoms. The summed E-state index contributed by atoms with van der Waals surface area (Å²) in [7, 11) is -3.60. The van der Waals surface area contributed by atoms with Crippen LogP contribution in [-0.2, 0) is 16.6 Å². The molecule has 0 fully saturated rings. The van der Waals surface area contributed by atoms with Gasteiger partial charge in [-0.1, -0.05) is 54.1 Å². The van der Waals surface area contributed by atoms with Crippen molar-refractivity contribution in [1.82, 2.24) is 14.3 Å². The summed E-state index contributed by atoms with van der Waals surface area (Å²) in [5.41, 5.74) is 1.03. The first-order chi connectivity index (χ1) is 12.1. The Kier molecular flexibility index (Phi) is 5.53. The van der Waals surface area contributed by atoms with Gasteiger partial charge in [-0.05, 0) is 18.6 Å². The molecule has 0 spiro atoms. The first-order valence-electron chi connectivity index (χ1n) is 7.89. The summed E-state index contributed by atoms with van der Waals surface area (Å²) < 4.78 is 29.2. The Bertz CT molecular complexity index is 940. The second kappa shape index (κ2) is 7.82. The maximum Gasteiger partial charge on any atom is 0.242 e. The summed E-state index contributed by atoms with van der Waals surface area (Å²) in [6, 6.07) is 16.3. The Hall–Kier alpha value is -2.15. The highest BCUT2D eigenvalue weighted by Gasteiger charge is 2.16. The highest BCUT2D eigenvalue weighted by molar-refractivity contribution is 7.89. The lowest BCUT2D eigenvalue weighted by Gasteiger charge is -2.10. The summed E-state index contributed by atoms with van der Waals surface area (Å²) in [5.74, 6) is 0.870. The Balaban J connectivity index is 1.60. The quantitative estimate of drug-likeness (QED) is 0.642. The van der Waals surface area contributed by atoms with Gasteiger partial charge >= 0.3 is 0 Å². The normalized spacial score (nSPS) is 11.6. The maximum absolute atomic E-state index is 12.3. The van der Waals surface area contributed by atoms with Gasteiger partial charge in [-0.2, -0.15) is 0 Å². The summed E-state index contributed by atoms with van der Waals surface area (Å²) in [6.07, 6.45) is 4.28. The van der Waals surface area contributed by atoms with E-state index in [0.29, 0.717) is 19.5 Å². The molecule has 1 heterocycles. The summed E-state index contributed by atoms with van der Waals surface area (Å²) in [4.78, 5) is 4.48. The molecule has 130 valence electrons. The largest absolute Gasteiger partial charge is 0.331 e. The summed E-state index contributed by atoms with van der Waals surface area (Å²) in [5, 5.41) is 0.218. The third-order valence-electron chi connectivity index (χ3n) is 3.74. The van der Waals surface area contributed by atoms with Crippen molar-refractivity contribution in [2.45, 2.75) is 17.9 Å². The van der Waals surface area contributed by atoms with Crippen LogP contribution < -0.4 is 4.72 Å². The standard InChI is InChI=1S/C18H18ClN3O2S/c19-16-9-4-5-10-17(16)25(23,24)21-11-6-13-22-14-12-20-18(22)15-7-2-1-3-8-15/h1-5,7-10,12,14,21H,6,11,13H2. The first-order valence-corrected chi connectivity index (χ1v) is 9.75. The molecule has 3 aromatic rings. The Morgan fingerprint density at radius 3 is 2.52 bits per heavy atom. The molecule has 0 atom stereocenters. The van der Waals surface area contributed by atoms with Crippen molar-refractivity contribution in [3.63, 3.8) is 0 Å². The third kappa shape index (κ3) is 4.28. The monoisotopic (exact) mass is 375 g/mol. The maximum atomic E-state index is 12.3. The van der Waals surface area contributed by atoms with Crippen LogP contribution in [0, 0.1) is 0 Å². The van der Waals surface area contributed by atoms with E-state index in [1.54, 1.807) is 24.4 Å². The van der Waals surface area contributed by atoms with E-state index in [1.807, 2.05) is 41.1 Å². The van der Waals surface area contributed by atoms with Crippen molar-refractivity contribution < 1.29 is 8.42 Å². The number of nitrogens with one attached hydrogen (secondary N) is 1. The number of rotatable bonds is 7. The van der Waals surface area contributed by atoms with Crippen LogP contribution in [0.1, 0.15) is 6.42 Å². The molecular formula is C18H18ClN3O2S. The highest BCUT2D eigenvalue weighted by Crippen LogP contribution is 2.20. The molecule has 0 bridgehead atoms. The summed E-state index contributed by atoms with van der Waals surface area (Å²) in [6.45, 7) is 0.981. The molecular weight excluding hydrogens is 358 g/mol. The zero-order valence-corrected chi connectivity index (χ0v) is 15.0. The van der Waals surface area contributed by atoms with Gasteiger partial charge in [-0.3, -0.25) is 0 Å². The molecule has 5 nitrogen and oxygen atoms in total. The molecule has 3 rings (SSSR count). The van der Waals surface area contributed by atoms with Gasteiger partial charge in [-0.15, -0.1) is 0 Å². The predicted molar refractivity (Wildman–Crippen MR) is 98.9 cm³/mol. The van der Waals surface area contributed by atoms with E-state index < -0.39 is 10.0 Å². The van der Waals surface area contributed by atoms with E-state index in [9.17, 15) is 8.42 Å². The van der Waals surface area contributed by atoms with Crippen LogP contribution in [0.3, 0.4) is 0 Å². The first kappa shape index (κ1) is 17.7. The zero-order valence-electron chi connectivity index (χ0n) is 13.5. The average molecular weight is 376 g/mol. The van der Waals surface area contributed by atoms with E-state index in [1.165, 1.54) is 6.07 Å². The number of halogens is 1. The number of benzene rings is 2. The van der Waals surface area contributed by atoms with Crippen molar-refractivity contribution in [2.24, 2.45) is 0 Å². The van der Waals surface area contributed by atoms with Gasteiger partial charge in [0.25, 0.3) is 0 Å². The Labute approximate surface area is 152 Å². The van der Waals surface area contributed by atoms with Gasteiger partial charge in [0.2, 0.25) is 10.0 Å². The van der Waals surface area contributed by atoms with E-state index in [4.69, 9.17) is 11.6 Å². The number of aryl methyl sites for hydroxylation is 1. The second-order valence-electron chi connectivity index (χ2n) is 5.49. The van der Waals surface area contributed by atoms with E-state index >= 15 is 0 Å². The fourth-order valence-corrected chi connectivity index (χ4v) is 4.13. The molecule has 2 aromatic carbocycles. The molecule has 0 amide bonds. The number of nitrogens with zero attached hydrogens (tertiary/aromatic N) is 2. The molecule has 0 aliphatic carbocycles. The molecule has 1 N–H and O–H groups in total. The molecule has 0 saturated heterocycles. The van der Waals surface area contributed by atoms with E-state index in [0.717, 1.165) is 11.4 Å². The van der Waals surface area contributed by atoms with E-state index in [-0.39, 0.29) is 9.92 Å². The van der Waals surface area contributed by atoms with Gasteiger partial charge in [0, 0.05) is 31.0 Å². The topological polar surface area (TPSA) is 64.0 Å². The average Bonchev–Trinajstić information content (AvgIpc) is 3.08. The van der Waals surface area contributed by atoms with Gasteiger partial charge in [0.15, 0.2) is 0 Å². The number of hydrogen-bond acceptors (Lipinski definition) is 3. The van der Waals surface area contributed by atoms with Crippen LogP contribution in [0.2, 0.25) is 5.02 Å². The van der Waals surface area contributed by atoms with Crippen LogP contribution in [-0.4, -0.2) is 24.5 Å². The molecule has 0 radical (unpaired) electrons. The minimum absolute atomic E-state index is 0.101. The molecule has 1 aromatic heterocycles. The van der Waals surface area contributed by atoms with Crippen molar-refractivity contribution in [2.75, 3.05) is 6.54 Å². The van der Waals surface area contributed by atoms with Gasteiger partial charge in [0.05, 0.1) is 5.02 Å². The van der Waals surface area contributed by atoms with Gasteiger partial charge < -0.3 is 4.57 Å². The van der Waals surface area contributed by atoms with Gasteiger partial charge in [0.1, 0.15) is 10.7 Å². The van der Waals surface area contributed by atoms with Crippen molar-refractivity contribution in [3.8, 4) is 11.4 Å². The number of sulfonamides is 1. The smallest absolute Gasteiger partial charge is 0.242 e. The molecule has 0 aliphatic heterocycles. The highest BCUT2D eigenvalue weighted by atomic mass is 35.5. The lowest BCUT2D eigenvalue weighted by molar-refractivity contribution is 0.570. The van der Waals surface area contributed by atoms with E-state index in [2.05, 4.69) is 9.71 Å². The second-order valence-corrected chi connectivity index (χ2v) is 7.63. The van der Waals surface area contributed by atoms with Crippen LogP contribution in [0.4, 0.5) is 0 Å². The fraction of sp³-hybridized carbons (Fsp3) is 0.167. The Morgan fingerprint density at radius 1 is 1.04 bits per heavy atom. The van der Waals surface area contributed by atoms with Crippen molar-refractivity contribution in [1.29, 1.82) is 0 Å². The lowest BCUT2D eigenvalue weighted by Crippen LogP contribution is -2.25.